The van der Waals surface area contributed by atoms with Gasteiger partial charge in [-0.3, -0.25) is 9.78 Å². The molecule has 0 N–H and O–H groups in total. The van der Waals surface area contributed by atoms with E-state index in [9.17, 15) is 13.6 Å². The fourth-order valence-corrected chi connectivity index (χ4v) is 2.11. The highest BCUT2D eigenvalue weighted by Gasteiger charge is 2.17. The number of aromatic nitrogens is 1. The number of benzene rings is 2. The molecular weight excluding hydrogens is 260 g/mol. The standard InChI is InChI=1S/C16H9F2NO/c17-11-6-7-12(14(18)9-11)16(20)13-5-1-3-10-4-2-8-19-15(10)13/h1-9H. The first-order valence-corrected chi connectivity index (χ1v) is 6.00. The van der Waals surface area contributed by atoms with Gasteiger partial charge in [0, 0.05) is 23.2 Å². The predicted octanol–water partition coefficient (Wildman–Crippen LogP) is 3.74. The normalized spacial score (nSPS) is 10.7. The van der Waals surface area contributed by atoms with Gasteiger partial charge in [-0.15, -0.1) is 0 Å². The lowest BCUT2D eigenvalue weighted by atomic mass is 10.00. The van der Waals surface area contributed by atoms with Gasteiger partial charge in [-0.25, -0.2) is 8.78 Å². The third-order valence-corrected chi connectivity index (χ3v) is 3.05. The number of carbonyl (C=O) groups excluding carboxylic acids is 1. The van der Waals surface area contributed by atoms with E-state index in [1.54, 1.807) is 24.4 Å². The maximum absolute atomic E-state index is 13.7. The van der Waals surface area contributed by atoms with Crippen molar-refractivity contribution in [2.75, 3.05) is 0 Å². The minimum Gasteiger partial charge on any atom is -0.288 e. The molecule has 0 saturated carbocycles. The zero-order valence-corrected chi connectivity index (χ0v) is 10.3. The molecule has 3 rings (SSSR count). The van der Waals surface area contributed by atoms with Gasteiger partial charge in [0.05, 0.1) is 11.1 Å². The van der Waals surface area contributed by atoms with Crippen LogP contribution >= 0.6 is 0 Å². The van der Waals surface area contributed by atoms with Crippen molar-refractivity contribution < 1.29 is 13.6 Å². The van der Waals surface area contributed by atoms with Gasteiger partial charge in [0.15, 0.2) is 5.78 Å². The number of ketones is 1. The topological polar surface area (TPSA) is 30.0 Å². The van der Waals surface area contributed by atoms with E-state index in [4.69, 9.17) is 0 Å². The van der Waals surface area contributed by atoms with Crippen molar-refractivity contribution in [2.24, 2.45) is 0 Å². The summed E-state index contributed by atoms with van der Waals surface area (Å²) in [5.41, 5.74) is 0.641. The smallest absolute Gasteiger partial charge is 0.198 e. The number of pyridine rings is 1. The van der Waals surface area contributed by atoms with Gasteiger partial charge in [0.1, 0.15) is 11.6 Å². The molecule has 98 valence electrons. The number of carbonyl (C=O) groups is 1. The maximum Gasteiger partial charge on any atom is 0.198 e. The number of fused-ring (bicyclic) bond motifs is 1. The Morgan fingerprint density at radius 1 is 0.950 bits per heavy atom. The summed E-state index contributed by atoms with van der Waals surface area (Å²) >= 11 is 0. The van der Waals surface area contributed by atoms with E-state index in [0.29, 0.717) is 17.1 Å². The molecule has 0 radical (unpaired) electrons. The van der Waals surface area contributed by atoms with Gasteiger partial charge in [0.2, 0.25) is 0 Å². The summed E-state index contributed by atoms with van der Waals surface area (Å²) in [5, 5.41) is 0.792. The quantitative estimate of drug-likeness (QED) is 0.663. The molecule has 1 aromatic heterocycles. The Labute approximate surface area is 113 Å². The Bertz CT molecular complexity index is 809. The maximum atomic E-state index is 13.7. The summed E-state index contributed by atoms with van der Waals surface area (Å²) < 4.78 is 26.6. The zero-order chi connectivity index (χ0) is 14.1. The molecule has 0 atom stereocenters. The van der Waals surface area contributed by atoms with Gasteiger partial charge in [-0.2, -0.15) is 0 Å². The Morgan fingerprint density at radius 3 is 2.55 bits per heavy atom. The lowest BCUT2D eigenvalue weighted by Crippen LogP contribution is -2.06. The Hall–Kier alpha value is -2.62. The minimum absolute atomic E-state index is 0.162. The predicted molar refractivity (Wildman–Crippen MR) is 71.5 cm³/mol. The average molecular weight is 269 g/mol. The van der Waals surface area contributed by atoms with Crippen LogP contribution in [0.5, 0.6) is 0 Å². The fourth-order valence-electron chi connectivity index (χ4n) is 2.11. The van der Waals surface area contributed by atoms with Gasteiger partial charge in [-0.1, -0.05) is 18.2 Å². The van der Waals surface area contributed by atoms with Crippen molar-refractivity contribution >= 4 is 16.7 Å². The molecule has 0 saturated heterocycles. The number of nitrogens with zero attached hydrogens (tertiary/aromatic N) is 1. The summed E-state index contributed by atoms with van der Waals surface area (Å²) in [6, 6.07) is 11.6. The first kappa shape index (κ1) is 12.4. The van der Waals surface area contributed by atoms with Crippen LogP contribution in [0, 0.1) is 11.6 Å². The van der Waals surface area contributed by atoms with E-state index in [-0.39, 0.29) is 5.56 Å². The van der Waals surface area contributed by atoms with Gasteiger partial charge >= 0.3 is 0 Å². The first-order valence-electron chi connectivity index (χ1n) is 6.00. The van der Waals surface area contributed by atoms with E-state index < -0.39 is 17.4 Å². The van der Waals surface area contributed by atoms with Crippen LogP contribution in [-0.4, -0.2) is 10.8 Å². The van der Waals surface area contributed by atoms with Gasteiger partial charge in [-0.05, 0) is 24.3 Å². The Kier molecular flexibility index (Phi) is 2.99. The second kappa shape index (κ2) is 4.81. The molecule has 0 aliphatic rings. The monoisotopic (exact) mass is 269 g/mol. The number of halogens is 2. The minimum atomic E-state index is -0.872. The second-order valence-corrected chi connectivity index (χ2v) is 4.33. The molecule has 4 heteroatoms. The highest BCUT2D eigenvalue weighted by molar-refractivity contribution is 6.15. The molecule has 0 fully saturated rings. The van der Waals surface area contributed by atoms with Crippen LogP contribution < -0.4 is 0 Å². The zero-order valence-electron chi connectivity index (χ0n) is 10.3. The molecule has 0 bridgehead atoms. The van der Waals surface area contributed by atoms with E-state index >= 15 is 0 Å². The van der Waals surface area contributed by atoms with Crippen molar-refractivity contribution in [2.45, 2.75) is 0 Å². The Balaban J connectivity index is 2.18. The van der Waals surface area contributed by atoms with Crippen LogP contribution in [0.3, 0.4) is 0 Å². The second-order valence-electron chi connectivity index (χ2n) is 4.33. The summed E-state index contributed by atoms with van der Waals surface area (Å²) in [6.45, 7) is 0. The van der Waals surface area contributed by atoms with Crippen LogP contribution in [0.25, 0.3) is 10.9 Å². The lowest BCUT2D eigenvalue weighted by molar-refractivity contribution is 0.103. The highest BCUT2D eigenvalue weighted by Crippen LogP contribution is 2.21. The molecular formula is C16H9F2NO. The lowest BCUT2D eigenvalue weighted by Gasteiger charge is -2.06. The van der Waals surface area contributed by atoms with E-state index in [1.807, 2.05) is 12.1 Å². The average Bonchev–Trinajstić information content (AvgIpc) is 2.46. The van der Waals surface area contributed by atoms with Crippen LogP contribution in [0.2, 0.25) is 0 Å². The van der Waals surface area contributed by atoms with E-state index in [1.165, 1.54) is 0 Å². The van der Waals surface area contributed by atoms with Gasteiger partial charge < -0.3 is 0 Å². The molecule has 0 aliphatic carbocycles. The molecule has 20 heavy (non-hydrogen) atoms. The van der Waals surface area contributed by atoms with Crippen molar-refractivity contribution in [3.63, 3.8) is 0 Å². The molecule has 2 aromatic carbocycles. The Morgan fingerprint density at radius 2 is 1.75 bits per heavy atom. The molecule has 0 amide bonds. The highest BCUT2D eigenvalue weighted by atomic mass is 19.1. The van der Waals surface area contributed by atoms with Crippen molar-refractivity contribution in [1.29, 1.82) is 0 Å². The first-order chi connectivity index (χ1) is 9.66. The third kappa shape index (κ3) is 2.05. The van der Waals surface area contributed by atoms with Crippen LogP contribution in [0.4, 0.5) is 8.78 Å². The summed E-state index contributed by atoms with van der Waals surface area (Å²) in [5.74, 6) is -2.09. The number of rotatable bonds is 2. The van der Waals surface area contributed by atoms with E-state index in [2.05, 4.69) is 4.98 Å². The molecule has 3 aromatic rings. The van der Waals surface area contributed by atoms with E-state index in [0.717, 1.165) is 17.5 Å². The van der Waals surface area contributed by atoms with Crippen LogP contribution in [-0.2, 0) is 0 Å². The largest absolute Gasteiger partial charge is 0.288 e. The fraction of sp³-hybridized carbons (Fsp3) is 0. The van der Waals surface area contributed by atoms with Crippen molar-refractivity contribution in [1.82, 2.24) is 4.98 Å². The van der Waals surface area contributed by atoms with Crippen molar-refractivity contribution in [3.05, 3.63) is 77.5 Å². The summed E-state index contributed by atoms with van der Waals surface area (Å²) in [6.07, 6.45) is 1.57. The molecule has 0 aliphatic heterocycles. The number of hydrogen-bond donors (Lipinski definition) is 0. The number of para-hydroxylation sites is 1. The van der Waals surface area contributed by atoms with Crippen molar-refractivity contribution in [3.8, 4) is 0 Å². The van der Waals surface area contributed by atoms with Crippen LogP contribution in [0.15, 0.2) is 54.7 Å². The van der Waals surface area contributed by atoms with Gasteiger partial charge in [0.25, 0.3) is 0 Å². The molecule has 0 unspecified atom stereocenters. The van der Waals surface area contributed by atoms with Crippen LogP contribution in [0.1, 0.15) is 15.9 Å². The molecule has 1 heterocycles. The summed E-state index contributed by atoms with van der Waals surface area (Å²) in [7, 11) is 0. The molecule has 2 nitrogen and oxygen atoms in total. The summed E-state index contributed by atoms with van der Waals surface area (Å²) in [4.78, 5) is 16.5. The SMILES string of the molecule is O=C(c1ccc(F)cc1F)c1cccc2cccnc12. The number of hydrogen-bond acceptors (Lipinski definition) is 2. The molecule has 0 spiro atoms. The third-order valence-electron chi connectivity index (χ3n) is 3.05.